The topological polar surface area (TPSA) is 24.5 Å². The summed E-state index contributed by atoms with van der Waals surface area (Å²) in [4.78, 5) is 2.48. The van der Waals surface area contributed by atoms with Crippen molar-refractivity contribution in [3.8, 4) is 0 Å². The smallest absolute Gasteiger partial charge is 0.0480 e. The highest BCUT2D eigenvalue weighted by molar-refractivity contribution is 5.22. The molecule has 1 aromatic carbocycles. The number of benzene rings is 1. The molecule has 1 saturated carbocycles. The lowest BCUT2D eigenvalue weighted by molar-refractivity contribution is 0.0407. The van der Waals surface area contributed by atoms with Crippen LogP contribution < -0.4 is 5.32 Å². The zero-order valence-electron chi connectivity index (χ0n) is 13.2. The minimum atomic E-state index is 0.682. The summed E-state index contributed by atoms with van der Waals surface area (Å²) in [5, 5.41) is 3.57. The van der Waals surface area contributed by atoms with Crippen LogP contribution in [0.5, 0.6) is 0 Å². The number of nitrogens with one attached hydrogen (secondary N) is 1. The van der Waals surface area contributed by atoms with E-state index < -0.39 is 0 Å². The van der Waals surface area contributed by atoms with Gasteiger partial charge in [0, 0.05) is 31.8 Å². The van der Waals surface area contributed by atoms with Crippen LogP contribution in [0.3, 0.4) is 0 Å². The average molecular weight is 288 g/mol. The van der Waals surface area contributed by atoms with E-state index in [-0.39, 0.29) is 0 Å². The summed E-state index contributed by atoms with van der Waals surface area (Å²) in [5.41, 5.74) is 2.86. The Kier molecular flexibility index (Phi) is 5.28. The highest BCUT2D eigenvalue weighted by atomic mass is 16.5. The Balaban J connectivity index is 1.44. The van der Waals surface area contributed by atoms with E-state index in [2.05, 4.69) is 41.5 Å². The number of hydrogen-bond donors (Lipinski definition) is 1. The van der Waals surface area contributed by atoms with Crippen molar-refractivity contribution in [2.24, 2.45) is 0 Å². The van der Waals surface area contributed by atoms with E-state index in [1.165, 1.54) is 36.8 Å². The zero-order chi connectivity index (χ0) is 14.5. The van der Waals surface area contributed by atoms with Crippen molar-refractivity contribution < 1.29 is 4.74 Å². The molecule has 0 atom stereocenters. The van der Waals surface area contributed by atoms with Gasteiger partial charge in [-0.05, 0) is 56.8 Å². The third kappa shape index (κ3) is 4.80. The van der Waals surface area contributed by atoms with Gasteiger partial charge in [-0.25, -0.2) is 0 Å². The third-order valence-electron chi connectivity index (χ3n) is 4.69. The summed E-state index contributed by atoms with van der Waals surface area (Å²) in [6, 6.07) is 10.7. The van der Waals surface area contributed by atoms with Gasteiger partial charge >= 0.3 is 0 Å². The van der Waals surface area contributed by atoms with Gasteiger partial charge < -0.3 is 10.1 Å². The van der Waals surface area contributed by atoms with E-state index in [1.54, 1.807) is 0 Å². The average Bonchev–Trinajstić information content (AvgIpc) is 3.34. The molecule has 0 amide bonds. The van der Waals surface area contributed by atoms with E-state index in [0.717, 1.165) is 38.8 Å². The molecule has 0 unspecified atom stereocenters. The summed E-state index contributed by atoms with van der Waals surface area (Å²) < 4.78 is 5.44. The van der Waals surface area contributed by atoms with Crippen molar-refractivity contribution in [2.45, 2.75) is 50.7 Å². The molecule has 1 aromatic rings. The molecule has 3 nitrogen and oxygen atoms in total. The van der Waals surface area contributed by atoms with Crippen LogP contribution in [0.15, 0.2) is 24.3 Å². The van der Waals surface area contributed by atoms with Crippen LogP contribution >= 0.6 is 0 Å². The first-order valence-corrected chi connectivity index (χ1v) is 8.40. The van der Waals surface area contributed by atoms with E-state index in [1.807, 2.05) is 0 Å². The van der Waals surface area contributed by atoms with Crippen molar-refractivity contribution >= 4 is 0 Å². The van der Waals surface area contributed by atoms with Gasteiger partial charge in [-0.3, -0.25) is 4.90 Å². The maximum Gasteiger partial charge on any atom is 0.0480 e. The Bertz CT molecular complexity index is 421. The van der Waals surface area contributed by atoms with Crippen LogP contribution in [-0.4, -0.2) is 43.8 Å². The van der Waals surface area contributed by atoms with Crippen molar-refractivity contribution in [3.63, 3.8) is 0 Å². The predicted octanol–water partition coefficient (Wildman–Crippen LogP) is 2.59. The molecule has 116 valence electrons. The van der Waals surface area contributed by atoms with E-state index >= 15 is 0 Å². The monoisotopic (exact) mass is 288 g/mol. The van der Waals surface area contributed by atoms with E-state index in [4.69, 9.17) is 4.74 Å². The maximum atomic E-state index is 5.44. The number of rotatable bonds is 7. The molecule has 0 spiro atoms. The highest BCUT2D eigenvalue weighted by Gasteiger charge is 2.20. The van der Waals surface area contributed by atoms with Crippen molar-refractivity contribution in [1.29, 1.82) is 0 Å². The summed E-state index contributed by atoms with van der Waals surface area (Å²) in [7, 11) is 2.24. The molecule has 0 bridgehead atoms. The fourth-order valence-corrected chi connectivity index (χ4v) is 3.06. The normalized spacial score (nSPS) is 20.1. The maximum absolute atomic E-state index is 5.44. The third-order valence-corrected chi connectivity index (χ3v) is 4.69. The summed E-state index contributed by atoms with van der Waals surface area (Å²) in [6.45, 7) is 4.00. The second-order valence-corrected chi connectivity index (χ2v) is 6.55. The fourth-order valence-electron chi connectivity index (χ4n) is 3.06. The van der Waals surface area contributed by atoms with Gasteiger partial charge in [0.2, 0.25) is 0 Å². The summed E-state index contributed by atoms with van der Waals surface area (Å²) in [6.07, 6.45) is 6.23. The van der Waals surface area contributed by atoms with Crippen molar-refractivity contribution in [3.05, 3.63) is 35.4 Å². The van der Waals surface area contributed by atoms with Gasteiger partial charge in [0.1, 0.15) is 0 Å². The molecule has 3 rings (SSSR count). The highest BCUT2D eigenvalue weighted by Crippen LogP contribution is 2.19. The molecular weight excluding hydrogens is 260 g/mol. The molecule has 3 heteroatoms. The van der Waals surface area contributed by atoms with Crippen LogP contribution in [0.2, 0.25) is 0 Å². The quantitative estimate of drug-likeness (QED) is 0.834. The fraction of sp³-hybridized carbons (Fsp3) is 0.667. The molecule has 1 heterocycles. The van der Waals surface area contributed by atoms with Gasteiger partial charge in [-0.2, -0.15) is 0 Å². The minimum absolute atomic E-state index is 0.682. The molecular formula is C18H28N2O. The Morgan fingerprint density at radius 1 is 1.05 bits per heavy atom. The van der Waals surface area contributed by atoms with Gasteiger partial charge in [0.25, 0.3) is 0 Å². The lowest BCUT2D eigenvalue weighted by Gasteiger charge is -2.31. The summed E-state index contributed by atoms with van der Waals surface area (Å²) >= 11 is 0. The first kappa shape index (κ1) is 15.0. The van der Waals surface area contributed by atoms with E-state index in [9.17, 15) is 0 Å². The van der Waals surface area contributed by atoms with Crippen LogP contribution in [0.1, 0.15) is 36.8 Å². The van der Waals surface area contributed by atoms with Crippen molar-refractivity contribution in [2.75, 3.05) is 26.8 Å². The van der Waals surface area contributed by atoms with E-state index in [0.29, 0.717) is 6.04 Å². The van der Waals surface area contributed by atoms with Crippen LogP contribution in [0.25, 0.3) is 0 Å². The first-order valence-electron chi connectivity index (χ1n) is 8.40. The Hall–Kier alpha value is -0.900. The molecule has 2 aliphatic rings. The largest absolute Gasteiger partial charge is 0.381 e. The minimum Gasteiger partial charge on any atom is -0.381 e. The SMILES string of the molecule is CN(Cc1ccc(CCNC2CC2)cc1)C1CCOCC1. The Morgan fingerprint density at radius 3 is 2.38 bits per heavy atom. The van der Waals surface area contributed by atoms with Crippen LogP contribution in [-0.2, 0) is 17.7 Å². The van der Waals surface area contributed by atoms with Crippen LogP contribution in [0.4, 0.5) is 0 Å². The molecule has 1 N–H and O–H groups in total. The Labute approximate surface area is 128 Å². The van der Waals surface area contributed by atoms with Gasteiger partial charge in [0.15, 0.2) is 0 Å². The molecule has 2 fully saturated rings. The lowest BCUT2D eigenvalue weighted by Crippen LogP contribution is -2.36. The molecule has 1 aliphatic carbocycles. The molecule has 21 heavy (non-hydrogen) atoms. The van der Waals surface area contributed by atoms with Gasteiger partial charge in [0.05, 0.1) is 0 Å². The molecule has 1 aliphatic heterocycles. The second kappa shape index (κ2) is 7.39. The zero-order valence-corrected chi connectivity index (χ0v) is 13.2. The Morgan fingerprint density at radius 2 is 1.71 bits per heavy atom. The van der Waals surface area contributed by atoms with Gasteiger partial charge in [-0.1, -0.05) is 24.3 Å². The van der Waals surface area contributed by atoms with Gasteiger partial charge in [-0.15, -0.1) is 0 Å². The standard InChI is InChI=1S/C18H28N2O/c1-20(18-9-12-21-13-10-18)14-16-4-2-15(3-5-16)8-11-19-17-6-7-17/h2-5,17-19H,6-14H2,1H3. The molecule has 0 aromatic heterocycles. The number of hydrogen-bond acceptors (Lipinski definition) is 3. The molecule has 1 saturated heterocycles. The van der Waals surface area contributed by atoms with Crippen LogP contribution in [0, 0.1) is 0 Å². The van der Waals surface area contributed by atoms with Crippen molar-refractivity contribution in [1.82, 2.24) is 10.2 Å². The second-order valence-electron chi connectivity index (χ2n) is 6.55. The number of ether oxygens (including phenoxy) is 1. The first-order chi connectivity index (χ1) is 10.3. The molecule has 0 radical (unpaired) electrons. The lowest BCUT2D eigenvalue weighted by atomic mass is 10.1. The summed E-state index contributed by atoms with van der Waals surface area (Å²) in [5.74, 6) is 0. The predicted molar refractivity (Wildman–Crippen MR) is 86.5 cm³/mol. The number of nitrogens with zero attached hydrogens (tertiary/aromatic N) is 1.